The number of nitrogens with one attached hydrogen (secondary N) is 1. The Morgan fingerprint density at radius 3 is 2.79 bits per heavy atom. The van der Waals surface area contributed by atoms with Gasteiger partial charge in [-0.1, -0.05) is 18.2 Å². The molecule has 0 heterocycles. The average molecular weight is 395 g/mol. The predicted octanol–water partition coefficient (Wildman–Crippen LogP) is 3.76. The predicted molar refractivity (Wildman–Crippen MR) is 93.3 cm³/mol. The van der Waals surface area contributed by atoms with Gasteiger partial charge in [-0.25, -0.2) is 9.82 Å². The number of rotatable bonds is 6. The van der Waals surface area contributed by atoms with Crippen LogP contribution in [-0.2, 0) is 0 Å². The minimum absolute atomic E-state index is 0.281. The van der Waals surface area contributed by atoms with Gasteiger partial charge in [0.2, 0.25) is 0 Å². The van der Waals surface area contributed by atoms with Gasteiger partial charge in [0.15, 0.2) is 11.5 Å². The summed E-state index contributed by atoms with van der Waals surface area (Å²) in [6.07, 6.45) is 1.24. The van der Waals surface area contributed by atoms with Gasteiger partial charge in [-0.3, -0.25) is 4.79 Å². The zero-order chi connectivity index (χ0) is 17.5. The largest absolute Gasteiger partial charge is 0.493 e. The molecule has 0 atom stereocenters. The molecular weight excluding hydrogens is 379 g/mol. The molecule has 0 aliphatic carbocycles. The van der Waals surface area contributed by atoms with E-state index in [0.717, 1.165) is 0 Å². The van der Waals surface area contributed by atoms with Crippen LogP contribution in [0.1, 0.15) is 22.8 Å². The van der Waals surface area contributed by atoms with Crippen LogP contribution in [-0.4, -0.2) is 25.8 Å². The van der Waals surface area contributed by atoms with E-state index in [1.165, 1.54) is 19.4 Å². The molecule has 126 valence electrons. The van der Waals surface area contributed by atoms with E-state index in [9.17, 15) is 9.18 Å². The molecule has 24 heavy (non-hydrogen) atoms. The second kappa shape index (κ2) is 8.44. The van der Waals surface area contributed by atoms with Crippen LogP contribution in [0.4, 0.5) is 4.39 Å². The third-order valence-electron chi connectivity index (χ3n) is 3.06. The van der Waals surface area contributed by atoms with Gasteiger partial charge in [0.1, 0.15) is 5.82 Å². The summed E-state index contributed by atoms with van der Waals surface area (Å²) in [5, 5.41) is 3.77. The smallest absolute Gasteiger partial charge is 0.271 e. The van der Waals surface area contributed by atoms with Crippen LogP contribution in [0.5, 0.6) is 11.5 Å². The van der Waals surface area contributed by atoms with Gasteiger partial charge in [0.05, 0.1) is 24.4 Å². The van der Waals surface area contributed by atoms with E-state index in [4.69, 9.17) is 9.47 Å². The molecule has 1 amide bonds. The number of halogens is 2. The molecule has 0 unspecified atom stereocenters. The zero-order valence-electron chi connectivity index (χ0n) is 13.2. The molecule has 0 bridgehead atoms. The first-order chi connectivity index (χ1) is 11.6. The van der Waals surface area contributed by atoms with E-state index < -0.39 is 11.7 Å². The average Bonchev–Trinajstić information content (AvgIpc) is 2.58. The van der Waals surface area contributed by atoms with E-state index >= 15 is 0 Å². The van der Waals surface area contributed by atoms with Crippen molar-refractivity contribution in [2.24, 2.45) is 5.10 Å². The van der Waals surface area contributed by atoms with Crippen molar-refractivity contribution in [1.29, 1.82) is 0 Å². The van der Waals surface area contributed by atoms with E-state index in [0.29, 0.717) is 28.1 Å². The number of benzene rings is 2. The Hall–Kier alpha value is -2.41. The van der Waals surface area contributed by atoms with Gasteiger partial charge >= 0.3 is 0 Å². The van der Waals surface area contributed by atoms with Crippen molar-refractivity contribution >= 4 is 28.1 Å². The molecule has 0 radical (unpaired) electrons. The summed E-state index contributed by atoms with van der Waals surface area (Å²) in [7, 11) is 1.49. The van der Waals surface area contributed by atoms with Crippen LogP contribution < -0.4 is 14.9 Å². The first kappa shape index (κ1) is 17.9. The summed E-state index contributed by atoms with van der Waals surface area (Å²) in [5.41, 5.74) is 2.96. The summed E-state index contributed by atoms with van der Waals surface area (Å²) < 4.78 is 24.8. The maximum atomic E-state index is 13.5. The maximum Gasteiger partial charge on any atom is 0.271 e. The third kappa shape index (κ3) is 4.32. The normalized spacial score (nSPS) is 10.7. The van der Waals surface area contributed by atoms with E-state index in [2.05, 4.69) is 26.5 Å². The van der Waals surface area contributed by atoms with Crippen LogP contribution >= 0.6 is 15.9 Å². The highest BCUT2D eigenvalue weighted by Gasteiger charge is 2.15. The first-order valence-electron chi connectivity index (χ1n) is 7.15. The number of nitrogens with zero attached hydrogens (tertiary/aromatic N) is 1. The highest BCUT2D eigenvalue weighted by Crippen LogP contribution is 2.36. The Kier molecular flexibility index (Phi) is 6.31. The second-order valence-corrected chi connectivity index (χ2v) is 5.50. The number of methoxy groups -OCH3 is 1. The highest BCUT2D eigenvalue weighted by molar-refractivity contribution is 9.10. The lowest BCUT2D eigenvalue weighted by atomic mass is 10.2. The van der Waals surface area contributed by atoms with Crippen molar-refractivity contribution in [3.63, 3.8) is 0 Å². The zero-order valence-corrected chi connectivity index (χ0v) is 14.8. The number of hydrogen-bond acceptors (Lipinski definition) is 4. The van der Waals surface area contributed by atoms with Crippen LogP contribution in [0, 0.1) is 5.82 Å². The molecule has 0 saturated carbocycles. The van der Waals surface area contributed by atoms with Crippen molar-refractivity contribution in [2.75, 3.05) is 13.7 Å². The Morgan fingerprint density at radius 2 is 2.12 bits per heavy atom. The summed E-state index contributed by atoms with van der Waals surface area (Å²) >= 11 is 3.35. The van der Waals surface area contributed by atoms with Gasteiger partial charge in [0.25, 0.3) is 5.91 Å². The fourth-order valence-electron chi connectivity index (χ4n) is 1.94. The topological polar surface area (TPSA) is 59.9 Å². The first-order valence-corrected chi connectivity index (χ1v) is 7.94. The van der Waals surface area contributed by atoms with Crippen molar-refractivity contribution in [3.05, 3.63) is 57.8 Å². The Morgan fingerprint density at radius 1 is 1.38 bits per heavy atom. The quantitative estimate of drug-likeness (QED) is 0.599. The lowest BCUT2D eigenvalue weighted by Crippen LogP contribution is -2.18. The Balaban J connectivity index is 2.15. The fourth-order valence-corrected chi connectivity index (χ4v) is 2.50. The highest BCUT2D eigenvalue weighted by atomic mass is 79.9. The Bertz CT molecular complexity index is 765. The van der Waals surface area contributed by atoms with Crippen LogP contribution in [0.3, 0.4) is 0 Å². The van der Waals surface area contributed by atoms with Gasteiger partial charge in [-0.15, -0.1) is 0 Å². The van der Waals surface area contributed by atoms with Crippen LogP contribution in [0.25, 0.3) is 0 Å². The number of hydrazone groups is 1. The molecule has 2 aromatic rings. The van der Waals surface area contributed by atoms with E-state index in [1.54, 1.807) is 30.3 Å². The second-order valence-electron chi connectivity index (χ2n) is 4.64. The third-order valence-corrected chi connectivity index (χ3v) is 3.64. The summed E-state index contributed by atoms with van der Waals surface area (Å²) in [5.74, 6) is 0.0754. The molecular formula is C17H16BrFN2O3. The minimum atomic E-state index is -0.454. The molecule has 0 spiro atoms. The number of ether oxygens (including phenoxy) is 2. The van der Waals surface area contributed by atoms with E-state index in [1.807, 2.05) is 6.92 Å². The molecule has 0 aliphatic rings. The lowest BCUT2D eigenvalue weighted by molar-refractivity contribution is 0.0954. The van der Waals surface area contributed by atoms with Crippen molar-refractivity contribution in [2.45, 2.75) is 6.92 Å². The molecule has 0 saturated heterocycles. The number of amides is 1. The van der Waals surface area contributed by atoms with Crippen LogP contribution in [0.2, 0.25) is 0 Å². The monoisotopic (exact) mass is 394 g/mol. The molecule has 5 nitrogen and oxygen atoms in total. The Labute approximate surface area is 147 Å². The SMILES string of the molecule is CCOc1c(Br)cc(C(=O)N/N=C\c2ccccc2F)cc1OC. The molecule has 7 heteroatoms. The lowest BCUT2D eigenvalue weighted by Gasteiger charge is -2.12. The molecule has 0 fully saturated rings. The van der Waals surface area contributed by atoms with E-state index in [-0.39, 0.29) is 5.56 Å². The van der Waals surface area contributed by atoms with Crippen molar-refractivity contribution < 1.29 is 18.7 Å². The minimum Gasteiger partial charge on any atom is -0.493 e. The number of hydrogen-bond donors (Lipinski definition) is 1. The van der Waals surface area contributed by atoms with Crippen molar-refractivity contribution in [1.82, 2.24) is 5.43 Å². The molecule has 1 N–H and O–H groups in total. The molecule has 2 rings (SSSR count). The van der Waals surface area contributed by atoms with Gasteiger partial charge in [-0.2, -0.15) is 5.10 Å². The molecule has 0 aromatic heterocycles. The van der Waals surface area contributed by atoms with Crippen molar-refractivity contribution in [3.8, 4) is 11.5 Å². The van der Waals surface area contributed by atoms with Gasteiger partial charge in [-0.05, 0) is 41.1 Å². The molecule has 2 aromatic carbocycles. The van der Waals surface area contributed by atoms with Gasteiger partial charge in [0, 0.05) is 11.1 Å². The fraction of sp³-hybridized carbons (Fsp3) is 0.176. The van der Waals surface area contributed by atoms with Gasteiger partial charge < -0.3 is 9.47 Å². The number of carbonyl (C=O) groups excluding carboxylic acids is 1. The standard InChI is InChI=1S/C17H16BrFN2O3/c1-3-24-16-13(18)8-12(9-15(16)23-2)17(22)21-20-10-11-6-4-5-7-14(11)19/h4-10H,3H2,1-2H3,(H,21,22)/b20-10-. The molecule has 0 aliphatic heterocycles. The summed E-state index contributed by atoms with van der Waals surface area (Å²) in [6.45, 7) is 2.32. The maximum absolute atomic E-state index is 13.5. The van der Waals surface area contributed by atoms with Crippen LogP contribution in [0.15, 0.2) is 46.0 Å². The number of carbonyl (C=O) groups is 1. The summed E-state index contributed by atoms with van der Waals surface area (Å²) in [6, 6.07) is 9.28. The summed E-state index contributed by atoms with van der Waals surface area (Å²) in [4.78, 5) is 12.2.